The minimum Gasteiger partial charge on any atom is -0.490 e. The summed E-state index contributed by atoms with van der Waals surface area (Å²) in [6.45, 7) is 4.40. The van der Waals surface area contributed by atoms with Crippen LogP contribution in [0.1, 0.15) is 24.0 Å². The smallest absolute Gasteiger partial charge is 0.192 e. The summed E-state index contributed by atoms with van der Waals surface area (Å²) in [5.41, 5.74) is 3.19. The van der Waals surface area contributed by atoms with Gasteiger partial charge in [0, 0.05) is 19.7 Å². The van der Waals surface area contributed by atoms with Gasteiger partial charge in [-0.1, -0.05) is 12.1 Å². The zero-order valence-corrected chi connectivity index (χ0v) is 21.3. The normalized spacial score (nSPS) is 14.8. The van der Waals surface area contributed by atoms with Gasteiger partial charge < -0.3 is 18.8 Å². The zero-order chi connectivity index (χ0) is 22.3. The van der Waals surface area contributed by atoms with Crippen LogP contribution < -0.4 is 10.2 Å². The summed E-state index contributed by atoms with van der Waals surface area (Å²) in [4.78, 5) is 14.6. The molecule has 2 heterocycles. The summed E-state index contributed by atoms with van der Waals surface area (Å²) in [5, 5.41) is 0.670. The Morgan fingerprint density at radius 3 is 2.64 bits per heavy atom. The highest BCUT2D eigenvalue weighted by molar-refractivity contribution is 9.10. The number of fused-ring (bicyclic) bond motifs is 1. The number of ether oxygens (including phenoxy) is 2. The van der Waals surface area contributed by atoms with Gasteiger partial charge in [-0.05, 0) is 96.0 Å². The van der Waals surface area contributed by atoms with Crippen molar-refractivity contribution in [2.45, 2.75) is 25.7 Å². The first kappa shape index (κ1) is 25.8. The molecule has 5 nitrogen and oxygen atoms in total. The van der Waals surface area contributed by atoms with Crippen molar-refractivity contribution in [1.29, 1.82) is 0 Å². The molecular weight excluding hydrogens is 506 g/mol. The molecule has 4 rings (SSSR count). The molecule has 0 N–H and O–H groups in total. The van der Waals surface area contributed by atoms with Gasteiger partial charge in [0.15, 0.2) is 5.43 Å². The molecule has 1 aliphatic rings. The predicted octanol–water partition coefficient (Wildman–Crippen LogP) is 5.50. The van der Waals surface area contributed by atoms with Crippen molar-refractivity contribution < 1.29 is 13.9 Å². The van der Waals surface area contributed by atoms with E-state index >= 15 is 0 Å². The lowest BCUT2D eigenvalue weighted by Crippen LogP contribution is -2.35. The lowest BCUT2D eigenvalue weighted by Gasteiger charge is -2.32. The zero-order valence-electron chi connectivity index (χ0n) is 18.9. The standard InChI is InChI=1S/C26H30BrNO4.ClH/c1-30-14-15-32-26-18-21(2-4-23(26)27)16-20-7-11-28(12-8-20)10-6-19-3-5-25-22(17-19)24(29)9-13-31-25;/h2-5,9,13,17-18,20H,6-8,10-12,14-16H2,1H3;1H. The Morgan fingerprint density at radius 1 is 1.06 bits per heavy atom. The first-order valence-electron chi connectivity index (χ1n) is 11.3. The van der Waals surface area contributed by atoms with E-state index in [4.69, 9.17) is 13.9 Å². The third kappa shape index (κ3) is 7.06. The van der Waals surface area contributed by atoms with E-state index in [2.05, 4.69) is 45.1 Å². The Balaban J connectivity index is 0.00000306. The van der Waals surface area contributed by atoms with Crippen LogP contribution in [0.25, 0.3) is 11.0 Å². The van der Waals surface area contributed by atoms with Gasteiger partial charge in [-0.15, -0.1) is 12.4 Å². The minimum absolute atomic E-state index is 0. The predicted molar refractivity (Wildman–Crippen MR) is 138 cm³/mol. The van der Waals surface area contributed by atoms with Gasteiger partial charge in [-0.3, -0.25) is 4.79 Å². The molecular formula is C26H31BrClNO4. The second-order valence-corrected chi connectivity index (χ2v) is 9.31. The highest BCUT2D eigenvalue weighted by Crippen LogP contribution is 2.29. The number of methoxy groups -OCH3 is 1. The number of piperidine rings is 1. The number of nitrogens with zero attached hydrogens (tertiary/aromatic N) is 1. The van der Waals surface area contributed by atoms with Crippen molar-refractivity contribution in [3.05, 3.63) is 74.6 Å². The first-order chi connectivity index (χ1) is 15.6. The van der Waals surface area contributed by atoms with Crippen LogP contribution in [0.3, 0.4) is 0 Å². The molecule has 3 aromatic rings. The van der Waals surface area contributed by atoms with Crippen molar-refractivity contribution in [3.8, 4) is 5.75 Å². The highest BCUT2D eigenvalue weighted by Gasteiger charge is 2.20. The molecule has 0 bridgehead atoms. The second-order valence-electron chi connectivity index (χ2n) is 8.46. The number of hydrogen-bond acceptors (Lipinski definition) is 5. The topological polar surface area (TPSA) is 51.9 Å². The van der Waals surface area contributed by atoms with Crippen LogP contribution in [0.5, 0.6) is 5.75 Å². The summed E-state index contributed by atoms with van der Waals surface area (Å²) < 4.78 is 17.3. The Morgan fingerprint density at radius 2 is 1.85 bits per heavy atom. The molecule has 0 unspecified atom stereocenters. The lowest BCUT2D eigenvalue weighted by atomic mass is 9.90. The molecule has 0 amide bonds. The molecule has 178 valence electrons. The Labute approximate surface area is 209 Å². The van der Waals surface area contributed by atoms with E-state index in [0.717, 1.165) is 42.7 Å². The minimum atomic E-state index is 0. The van der Waals surface area contributed by atoms with E-state index in [0.29, 0.717) is 30.1 Å². The molecule has 1 aliphatic heterocycles. The van der Waals surface area contributed by atoms with Crippen LogP contribution >= 0.6 is 28.3 Å². The average Bonchev–Trinajstić information content (AvgIpc) is 2.81. The van der Waals surface area contributed by atoms with E-state index in [1.54, 1.807) is 7.11 Å². The number of rotatable bonds is 9. The SMILES string of the molecule is COCCOc1cc(CC2CCN(CCc3ccc4occc(=O)c4c3)CC2)ccc1Br.Cl. The maximum Gasteiger partial charge on any atom is 0.192 e. The molecule has 0 spiro atoms. The van der Waals surface area contributed by atoms with Crippen molar-refractivity contribution in [2.24, 2.45) is 5.92 Å². The first-order valence-corrected chi connectivity index (χ1v) is 12.0. The summed E-state index contributed by atoms with van der Waals surface area (Å²) >= 11 is 3.57. The van der Waals surface area contributed by atoms with Gasteiger partial charge >= 0.3 is 0 Å². The molecule has 0 aliphatic carbocycles. The molecule has 7 heteroatoms. The van der Waals surface area contributed by atoms with E-state index in [1.165, 1.54) is 36.3 Å². The fourth-order valence-corrected chi connectivity index (χ4v) is 4.70. The van der Waals surface area contributed by atoms with E-state index in [-0.39, 0.29) is 17.8 Å². The van der Waals surface area contributed by atoms with Crippen molar-refractivity contribution in [3.63, 3.8) is 0 Å². The molecule has 1 fully saturated rings. The number of halogens is 2. The fraction of sp³-hybridized carbons (Fsp3) is 0.423. The molecule has 1 aromatic heterocycles. The molecule has 0 saturated carbocycles. The monoisotopic (exact) mass is 535 g/mol. The summed E-state index contributed by atoms with van der Waals surface area (Å²) in [7, 11) is 1.68. The summed E-state index contributed by atoms with van der Waals surface area (Å²) in [5.74, 6) is 1.59. The molecule has 0 atom stereocenters. The third-order valence-corrected chi connectivity index (χ3v) is 6.87. The van der Waals surface area contributed by atoms with Crippen LogP contribution in [-0.2, 0) is 17.6 Å². The van der Waals surface area contributed by atoms with Crippen molar-refractivity contribution in [2.75, 3.05) is 40.0 Å². The third-order valence-electron chi connectivity index (χ3n) is 6.21. The Kier molecular flexibility index (Phi) is 9.80. The van der Waals surface area contributed by atoms with Crippen LogP contribution in [-0.4, -0.2) is 44.9 Å². The van der Waals surface area contributed by atoms with Gasteiger partial charge in [0.05, 0.1) is 22.7 Å². The van der Waals surface area contributed by atoms with Crippen LogP contribution in [0.15, 0.2) is 62.4 Å². The average molecular weight is 537 g/mol. The van der Waals surface area contributed by atoms with Crippen molar-refractivity contribution >= 4 is 39.3 Å². The number of likely N-dealkylation sites (tertiary alicyclic amines) is 1. The van der Waals surface area contributed by atoms with Gasteiger partial charge in [0.2, 0.25) is 0 Å². The number of benzene rings is 2. The van der Waals surface area contributed by atoms with Gasteiger partial charge in [0.1, 0.15) is 17.9 Å². The largest absolute Gasteiger partial charge is 0.490 e. The molecule has 0 radical (unpaired) electrons. The van der Waals surface area contributed by atoms with Crippen LogP contribution in [0.2, 0.25) is 0 Å². The number of hydrogen-bond donors (Lipinski definition) is 0. The molecule has 33 heavy (non-hydrogen) atoms. The molecule has 2 aromatic carbocycles. The maximum atomic E-state index is 12.0. The van der Waals surface area contributed by atoms with Gasteiger partial charge in [-0.2, -0.15) is 0 Å². The second kappa shape index (κ2) is 12.6. The Bertz CT molecular complexity index is 1100. The van der Waals surface area contributed by atoms with Gasteiger partial charge in [-0.25, -0.2) is 0 Å². The van der Waals surface area contributed by atoms with E-state index in [1.807, 2.05) is 12.1 Å². The van der Waals surface area contributed by atoms with E-state index in [9.17, 15) is 4.79 Å². The quantitative estimate of drug-likeness (QED) is 0.338. The summed E-state index contributed by atoms with van der Waals surface area (Å²) in [6.07, 6.45) is 5.90. The van der Waals surface area contributed by atoms with Crippen LogP contribution in [0, 0.1) is 5.92 Å². The van der Waals surface area contributed by atoms with Crippen LogP contribution in [0.4, 0.5) is 0 Å². The van der Waals surface area contributed by atoms with Gasteiger partial charge in [0.25, 0.3) is 0 Å². The van der Waals surface area contributed by atoms with Crippen molar-refractivity contribution in [1.82, 2.24) is 4.90 Å². The fourth-order valence-electron chi connectivity index (χ4n) is 4.34. The molecule has 1 saturated heterocycles. The highest BCUT2D eigenvalue weighted by atomic mass is 79.9. The maximum absolute atomic E-state index is 12.0. The Hall–Kier alpha value is -1.86. The van der Waals surface area contributed by atoms with E-state index < -0.39 is 0 Å². The lowest BCUT2D eigenvalue weighted by molar-refractivity contribution is 0.146. The summed E-state index contributed by atoms with van der Waals surface area (Å²) in [6, 6.07) is 13.9.